The van der Waals surface area contributed by atoms with Gasteiger partial charge in [0, 0.05) is 13.5 Å². The van der Waals surface area contributed by atoms with E-state index in [4.69, 9.17) is 47.4 Å². The zero-order valence-corrected chi connectivity index (χ0v) is 53.2. The van der Waals surface area contributed by atoms with E-state index in [1.165, 1.54) is 6.92 Å². The molecule has 2 aliphatic rings. The molecule has 0 radical (unpaired) electrons. The molecule has 1 unspecified atom stereocenters. The molecule has 0 aromatic heterocycles. The molecule has 486 valence electrons. The van der Waals surface area contributed by atoms with Crippen molar-refractivity contribution >= 4 is 11.8 Å². The molecule has 2 heterocycles. The van der Waals surface area contributed by atoms with Crippen molar-refractivity contribution in [1.82, 2.24) is 10.2 Å². The predicted octanol–water partition coefficient (Wildman–Crippen LogP) is 13.2. The van der Waals surface area contributed by atoms with E-state index in [-0.39, 0.29) is 71.9 Å². The topological polar surface area (TPSA) is 142 Å². The van der Waals surface area contributed by atoms with Gasteiger partial charge in [0.05, 0.1) is 72.6 Å². The number of rotatable bonds is 33. The summed E-state index contributed by atoms with van der Waals surface area (Å²) >= 11 is 0. The van der Waals surface area contributed by atoms with Crippen LogP contribution in [0.15, 0.2) is 273 Å². The molecular formula is C80H84N2O12. The van der Waals surface area contributed by atoms with Crippen LogP contribution in [0.4, 0.5) is 0 Å². The minimum Gasteiger partial charge on any atom is -0.374 e. The van der Waals surface area contributed by atoms with Crippen LogP contribution >= 0.6 is 0 Å². The second kappa shape index (κ2) is 35.7. The summed E-state index contributed by atoms with van der Waals surface area (Å²) < 4.78 is 69.9. The van der Waals surface area contributed by atoms with E-state index in [1.807, 2.05) is 273 Å². The van der Waals surface area contributed by atoms with Crippen LogP contribution in [0, 0.1) is 0 Å². The number of ether oxygens (including phenoxy) is 10. The van der Waals surface area contributed by atoms with Crippen LogP contribution in [0.25, 0.3) is 0 Å². The third-order valence-corrected chi connectivity index (χ3v) is 16.9. The number of hydrogen-bond donors (Lipinski definition) is 1. The molecule has 1 N–H and O–H groups in total. The second-order valence-corrected chi connectivity index (χ2v) is 23.7. The summed E-state index contributed by atoms with van der Waals surface area (Å²) in [6.45, 7) is 3.51. The molecule has 14 heteroatoms. The van der Waals surface area contributed by atoms with Crippen molar-refractivity contribution in [2.45, 2.75) is 127 Å². The molecule has 9 aromatic carbocycles. The lowest BCUT2D eigenvalue weighted by Gasteiger charge is -2.48. The Labute approximate surface area is 552 Å². The van der Waals surface area contributed by atoms with E-state index in [9.17, 15) is 4.79 Å². The van der Waals surface area contributed by atoms with E-state index in [0.29, 0.717) is 18.8 Å². The first-order valence-corrected chi connectivity index (χ1v) is 32.5. The van der Waals surface area contributed by atoms with Gasteiger partial charge in [0.1, 0.15) is 67.1 Å². The van der Waals surface area contributed by atoms with Gasteiger partial charge < -0.3 is 57.6 Å². The number of hydrogen-bond acceptors (Lipinski definition) is 12. The van der Waals surface area contributed by atoms with E-state index < -0.39 is 73.0 Å². The molecule has 2 amide bonds. The summed E-state index contributed by atoms with van der Waals surface area (Å²) in [6.07, 6.45) is -7.82. The third-order valence-electron chi connectivity index (χ3n) is 16.9. The highest BCUT2D eigenvalue weighted by Gasteiger charge is 2.51. The molecule has 0 spiro atoms. The quantitative estimate of drug-likeness (QED) is 0.0418. The maximum atomic E-state index is 15.9. The molecule has 94 heavy (non-hydrogen) atoms. The Morgan fingerprint density at radius 2 is 0.596 bits per heavy atom. The van der Waals surface area contributed by atoms with Gasteiger partial charge >= 0.3 is 0 Å². The molecule has 11 atom stereocenters. The zero-order chi connectivity index (χ0) is 64.4. The number of amides is 2. The van der Waals surface area contributed by atoms with E-state index in [2.05, 4.69) is 5.32 Å². The minimum absolute atomic E-state index is 0.0570. The standard InChI is InChI=1S/C80H84N2O12/c1-59(83)82(48-70-75(88-52-63-35-17-5-18-36-63)79(92-56-67-43-25-9-26-44-67)77(90-54-65-39-21-7-22-40-65)72(94-70)58-86-50-61-31-13-3-14-32-61)73(68-45-27-10-28-46-68)80(84)81-47-69-74(87-51-62-33-15-4-16-34-62)78(91-55-66-41-23-8-24-42-66)76(89-53-64-37-19-6-20-38-64)71(93-69)57-85-49-60-29-11-2-12-30-60/h2-46,69-79H,47-58H2,1H3,(H,81,84)/t69-,70-,71+,72+,73?,74-,75-,76+,77+,78+,79+/m0/s1. The first-order chi connectivity index (χ1) is 46.4. The van der Waals surface area contributed by atoms with Crippen LogP contribution in [0.5, 0.6) is 0 Å². The molecule has 14 nitrogen and oxygen atoms in total. The maximum absolute atomic E-state index is 15.9. The average Bonchev–Trinajstić information content (AvgIpc) is 0.805. The van der Waals surface area contributed by atoms with Crippen molar-refractivity contribution in [2.24, 2.45) is 0 Å². The Bertz CT molecular complexity index is 3590. The number of benzene rings is 9. The highest BCUT2D eigenvalue weighted by molar-refractivity contribution is 5.88. The van der Waals surface area contributed by atoms with Gasteiger partial charge in [0.25, 0.3) is 0 Å². The smallest absolute Gasteiger partial charge is 0.247 e. The van der Waals surface area contributed by atoms with Crippen molar-refractivity contribution in [3.05, 3.63) is 323 Å². The van der Waals surface area contributed by atoms with Crippen molar-refractivity contribution in [3.8, 4) is 0 Å². The number of nitrogens with zero attached hydrogens (tertiary/aromatic N) is 1. The fraction of sp³-hybridized carbons (Fsp3) is 0.300. The Hall–Kier alpha value is -8.48. The van der Waals surface area contributed by atoms with Gasteiger partial charge in [-0.2, -0.15) is 0 Å². The van der Waals surface area contributed by atoms with Crippen LogP contribution in [-0.4, -0.2) is 104 Å². The van der Waals surface area contributed by atoms with Gasteiger partial charge in [-0.25, -0.2) is 0 Å². The minimum atomic E-state index is -1.19. The second-order valence-electron chi connectivity index (χ2n) is 23.7. The van der Waals surface area contributed by atoms with Crippen LogP contribution in [0.1, 0.15) is 63.0 Å². The summed E-state index contributed by atoms with van der Waals surface area (Å²) in [5.74, 6) is -0.842. The van der Waals surface area contributed by atoms with Gasteiger partial charge in [-0.1, -0.05) is 273 Å². The highest BCUT2D eigenvalue weighted by atomic mass is 16.6. The highest BCUT2D eigenvalue weighted by Crippen LogP contribution is 2.35. The Morgan fingerprint density at radius 1 is 0.340 bits per heavy atom. The van der Waals surface area contributed by atoms with Gasteiger partial charge in [0.15, 0.2) is 0 Å². The predicted molar refractivity (Wildman–Crippen MR) is 359 cm³/mol. The summed E-state index contributed by atoms with van der Waals surface area (Å²) in [6, 6.07) is 87.8. The fourth-order valence-corrected chi connectivity index (χ4v) is 12.1. The molecule has 2 saturated heterocycles. The van der Waals surface area contributed by atoms with Crippen LogP contribution in [0.2, 0.25) is 0 Å². The lowest BCUT2D eigenvalue weighted by Crippen LogP contribution is -2.64. The molecule has 11 rings (SSSR count). The Morgan fingerprint density at radius 3 is 0.904 bits per heavy atom. The van der Waals surface area contributed by atoms with Crippen molar-refractivity contribution in [1.29, 1.82) is 0 Å². The summed E-state index contributed by atoms with van der Waals surface area (Å²) in [4.78, 5) is 32.4. The first-order valence-electron chi connectivity index (χ1n) is 32.5. The van der Waals surface area contributed by atoms with Gasteiger partial charge in [-0.05, 0) is 50.1 Å². The third kappa shape index (κ3) is 19.6. The number of carbonyl (C=O) groups is 2. The Kier molecular flexibility index (Phi) is 25.4. The molecule has 0 saturated carbocycles. The van der Waals surface area contributed by atoms with Crippen LogP contribution < -0.4 is 5.32 Å². The molecule has 0 aliphatic carbocycles. The van der Waals surface area contributed by atoms with Crippen LogP contribution in [-0.2, 0) is 110 Å². The number of nitrogens with one attached hydrogen (secondary N) is 1. The average molecular weight is 1270 g/mol. The van der Waals surface area contributed by atoms with Crippen molar-refractivity contribution in [3.63, 3.8) is 0 Å². The van der Waals surface area contributed by atoms with Crippen LogP contribution in [0.3, 0.4) is 0 Å². The summed E-state index contributed by atoms with van der Waals surface area (Å²) in [5.41, 5.74) is 8.25. The molecule has 2 aliphatic heterocycles. The number of carbonyl (C=O) groups excluding carboxylic acids is 2. The molecule has 9 aromatic rings. The molecule has 2 fully saturated rings. The largest absolute Gasteiger partial charge is 0.374 e. The summed E-state index contributed by atoms with van der Waals surface area (Å²) in [7, 11) is 0. The lowest BCUT2D eigenvalue weighted by molar-refractivity contribution is -0.274. The van der Waals surface area contributed by atoms with Gasteiger partial charge in [-0.15, -0.1) is 0 Å². The molecule has 0 bridgehead atoms. The van der Waals surface area contributed by atoms with Gasteiger partial charge in [-0.3, -0.25) is 9.59 Å². The summed E-state index contributed by atoms with van der Waals surface area (Å²) in [5, 5.41) is 3.31. The van der Waals surface area contributed by atoms with E-state index >= 15 is 4.79 Å². The van der Waals surface area contributed by atoms with E-state index in [1.54, 1.807) is 4.90 Å². The zero-order valence-electron chi connectivity index (χ0n) is 53.2. The van der Waals surface area contributed by atoms with E-state index in [0.717, 1.165) is 44.5 Å². The Balaban J connectivity index is 0.934. The molecular weight excluding hydrogens is 1180 g/mol. The lowest BCUT2D eigenvalue weighted by atomic mass is 9.92. The normalized spacial score (nSPS) is 21.4. The van der Waals surface area contributed by atoms with Gasteiger partial charge in [0.2, 0.25) is 11.8 Å². The fourth-order valence-electron chi connectivity index (χ4n) is 12.1. The first kappa shape index (κ1) is 67.0. The SMILES string of the molecule is CC(=O)N(C[C@@H]1O[C@H](COCc2ccccc2)[C@@H](OCc2ccccc2)[C@H](OCc2ccccc2)[C@H]1OCc1ccccc1)C(C(=O)NC[C@@H]1O[C@H](COCc2ccccc2)[C@@H](OCc2ccccc2)[C@H](OCc2ccccc2)[C@H]1OCc1ccccc1)c1ccccc1. The van der Waals surface area contributed by atoms with Crippen molar-refractivity contribution < 1.29 is 57.0 Å². The van der Waals surface area contributed by atoms with Crippen molar-refractivity contribution in [2.75, 3.05) is 26.3 Å². The maximum Gasteiger partial charge on any atom is 0.247 e. The monoisotopic (exact) mass is 1260 g/mol.